The van der Waals surface area contributed by atoms with Crippen LogP contribution in [-0.2, 0) is 17.1 Å². The lowest BCUT2D eigenvalue weighted by atomic mass is 9.76. The lowest BCUT2D eigenvalue weighted by Crippen LogP contribution is -2.41. The molecule has 1 heterocycles. The number of aliphatic hydroxyl groups excluding tert-OH is 1. The van der Waals surface area contributed by atoms with Crippen molar-refractivity contribution in [2.45, 2.75) is 36.8 Å². The van der Waals surface area contributed by atoms with E-state index in [4.69, 9.17) is 0 Å². The van der Waals surface area contributed by atoms with E-state index in [-0.39, 0.29) is 23.0 Å². The standard InChI is InChI=1S/C16H21N3O3S/c1-11-4-3-5-15(6-11)23(21,22)18-16(12-7-14(20)8-12)13-9-17-19(2)10-13/h3-6,9-10,12,14,16,18,20H,7-8H2,1-2H3/t12?,14?,16-/m1/s1. The maximum Gasteiger partial charge on any atom is 0.241 e. The predicted molar refractivity (Wildman–Crippen MR) is 86.2 cm³/mol. The van der Waals surface area contributed by atoms with E-state index in [1.165, 1.54) is 0 Å². The van der Waals surface area contributed by atoms with Crippen LogP contribution < -0.4 is 4.72 Å². The van der Waals surface area contributed by atoms with Crippen LogP contribution in [0.25, 0.3) is 0 Å². The van der Waals surface area contributed by atoms with Crippen molar-refractivity contribution in [1.29, 1.82) is 0 Å². The summed E-state index contributed by atoms with van der Waals surface area (Å²) in [6.07, 6.45) is 4.33. The fraction of sp³-hybridized carbons (Fsp3) is 0.438. The molecule has 1 aliphatic rings. The summed E-state index contributed by atoms with van der Waals surface area (Å²) in [6, 6.07) is 6.46. The van der Waals surface area contributed by atoms with Gasteiger partial charge in [-0.2, -0.15) is 5.10 Å². The van der Waals surface area contributed by atoms with E-state index >= 15 is 0 Å². The van der Waals surface area contributed by atoms with Gasteiger partial charge in [0.05, 0.1) is 23.2 Å². The van der Waals surface area contributed by atoms with Crippen molar-refractivity contribution in [3.63, 3.8) is 0 Å². The van der Waals surface area contributed by atoms with Crippen LogP contribution in [0.15, 0.2) is 41.6 Å². The van der Waals surface area contributed by atoms with E-state index in [1.54, 1.807) is 36.1 Å². The summed E-state index contributed by atoms with van der Waals surface area (Å²) in [5, 5.41) is 13.7. The molecule has 23 heavy (non-hydrogen) atoms. The first kappa shape index (κ1) is 16.2. The minimum Gasteiger partial charge on any atom is -0.393 e. The Bertz CT molecular complexity index is 794. The van der Waals surface area contributed by atoms with E-state index in [1.807, 2.05) is 19.2 Å². The minimum absolute atomic E-state index is 0.0776. The number of nitrogens with one attached hydrogen (secondary N) is 1. The Morgan fingerprint density at radius 2 is 2.13 bits per heavy atom. The first-order valence-corrected chi connectivity index (χ1v) is 9.09. The third-order valence-electron chi connectivity index (χ3n) is 4.29. The van der Waals surface area contributed by atoms with Gasteiger partial charge >= 0.3 is 0 Å². The molecule has 2 aromatic rings. The average molecular weight is 335 g/mol. The molecule has 3 rings (SSSR count). The van der Waals surface area contributed by atoms with E-state index in [2.05, 4.69) is 9.82 Å². The molecule has 1 saturated carbocycles. The number of hydrogen-bond donors (Lipinski definition) is 2. The number of hydrogen-bond acceptors (Lipinski definition) is 4. The number of benzene rings is 1. The fourth-order valence-corrected chi connectivity index (χ4v) is 4.35. The highest BCUT2D eigenvalue weighted by molar-refractivity contribution is 7.89. The van der Waals surface area contributed by atoms with Gasteiger partial charge in [0.25, 0.3) is 0 Å². The zero-order valence-electron chi connectivity index (χ0n) is 13.2. The van der Waals surface area contributed by atoms with Crippen molar-refractivity contribution in [1.82, 2.24) is 14.5 Å². The molecule has 0 radical (unpaired) electrons. The van der Waals surface area contributed by atoms with Crippen molar-refractivity contribution in [3.05, 3.63) is 47.8 Å². The summed E-state index contributed by atoms with van der Waals surface area (Å²) in [5.74, 6) is 0.0776. The first-order chi connectivity index (χ1) is 10.8. The molecule has 0 aliphatic heterocycles. The summed E-state index contributed by atoms with van der Waals surface area (Å²) in [4.78, 5) is 0.256. The van der Waals surface area contributed by atoms with E-state index in [9.17, 15) is 13.5 Å². The number of nitrogens with zero attached hydrogens (tertiary/aromatic N) is 2. The zero-order chi connectivity index (χ0) is 16.6. The van der Waals surface area contributed by atoms with Gasteiger partial charge in [-0.3, -0.25) is 4.68 Å². The Kier molecular flexibility index (Phi) is 4.27. The second-order valence-electron chi connectivity index (χ2n) is 6.25. The molecule has 6 nitrogen and oxygen atoms in total. The third-order valence-corrected chi connectivity index (χ3v) is 5.73. The Morgan fingerprint density at radius 1 is 1.39 bits per heavy atom. The van der Waals surface area contributed by atoms with Crippen molar-refractivity contribution in [3.8, 4) is 0 Å². The normalized spacial score (nSPS) is 22.6. The maximum atomic E-state index is 12.7. The highest BCUT2D eigenvalue weighted by Crippen LogP contribution is 2.38. The van der Waals surface area contributed by atoms with Gasteiger partial charge in [0.2, 0.25) is 10.0 Å². The largest absolute Gasteiger partial charge is 0.393 e. The molecule has 1 aromatic heterocycles. The Morgan fingerprint density at radius 3 is 2.70 bits per heavy atom. The second kappa shape index (κ2) is 6.07. The Hall–Kier alpha value is -1.70. The molecular weight excluding hydrogens is 314 g/mol. The molecule has 0 amide bonds. The van der Waals surface area contributed by atoms with Crippen LogP contribution in [0.3, 0.4) is 0 Å². The Balaban J connectivity index is 1.89. The topological polar surface area (TPSA) is 84.2 Å². The van der Waals surface area contributed by atoms with Gasteiger partial charge in [-0.05, 0) is 43.4 Å². The van der Waals surface area contributed by atoms with Gasteiger partial charge < -0.3 is 5.11 Å². The lowest BCUT2D eigenvalue weighted by Gasteiger charge is -2.37. The van der Waals surface area contributed by atoms with Crippen LogP contribution in [-0.4, -0.2) is 29.4 Å². The lowest BCUT2D eigenvalue weighted by molar-refractivity contribution is 0.0280. The Labute approximate surface area is 136 Å². The highest BCUT2D eigenvalue weighted by atomic mass is 32.2. The molecule has 1 atom stereocenters. The summed E-state index contributed by atoms with van der Waals surface area (Å²) in [5.41, 5.74) is 1.71. The van der Waals surface area contributed by atoms with Gasteiger partial charge in [-0.1, -0.05) is 12.1 Å². The molecule has 7 heteroatoms. The van der Waals surface area contributed by atoms with Crippen molar-refractivity contribution in [2.24, 2.45) is 13.0 Å². The van der Waals surface area contributed by atoms with E-state index in [0.29, 0.717) is 12.8 Å². The van der Waals surface area contributed by atoms with Gasteiger partial charge in [-0.15, -0.1) is 0 Å². The number of sulfonamides is 1. The maximum absolute atomic E-state index is 12.7. The van der Waals surface area contributed by atoms with Crippen LogP contribution in [0.4, 0.5) is 0 Å². The number of aromatic nitrogens is 2. The van der Waals surface area contributed by atoms with Crippen molar-refractivity contribution >= 4 is 10.0 Å². The van der Waals surface area contributed by atoms with Gasteiger partial charge in [-0.25, -0.2) is 13.1 Å². The molecule has 1 fully saturated rings. The van der Waals surface area contributed by atoms with E-state index in [0.717, 1.165) is 11.1 Å². The van der Waals surface area contributed by atoms with Crippen LogP contribution in [0.5, 0.6) is 0 Å². The van der Waals surface area contributed by atoms with Crippen LogP contribution >= 0.6 is 0 Å². The predicted octanol–water partition coefficient (Wildman–Crippen LogP) is 1.52. The molecule has 0 saturated heterocycles. The first-order valence-electron chi connectivity index (χ1n) is 7.61. The number of aryl methyl sites for hydroxylation is 2. The van der Waals surface area contributed by atoms with Crippen LogP contribution in [0.1, 0.15) is 30.0 Å². The summed E-state index contributed by atoms with van der Waals surface area (Å²) in [7, 11) is -1.83. The van der Waals surface area contributed by atoms with Crippen LogP contribution in [0.2, 0.25) is 0 Å². The SMILES string of the molecule is Cc1cccc(S(=O)(=O)N[C@@H](c2cnn(C)c2)C2CC(O)C2)c1. The molecule has 0 bridgehead atoms. The molecule has 0 unspecified atom stereocenters. The highest BCUT2D eigenvalue weighted by Gasteiger charge is 2.37. The molecule has 0 spiro atoms. The fourth-order valence-electron chi connectivity index (χ4n) is 2.96. The average Bonchev–Trinajstić information content (AvgIpc) is 2.88. The number of aliphatic hydroxyl groups is 1. The zero-order valence-corrected chi connectivity index (χ0v) is 14.0. The molecule has 1 aliphatic carbocycles. The van der Waals surface area contributed by atoms with Crippen LogP contribution in [0, 0.1) is 12.8 Å². The van der Waals surface area contributed by atoms with Gasteiger partial charge in [0.1, 0.15) is 0 Å². The van der Waals surface area contributed by atoms with E-state index < -0.39 is 10.0 Å². The second-order valence-corrected chi connectivity index (χ2v) is 7.96. The summed E-state index contributed by atoms with van der Waals surface area (Å²) < 4.78 is 29.8. The molecule has 2 N–H and O–H groups in total. The summed E-state index contributed by atoms with van der Waals surface area (Å²) >= 11 is 0. The monoisotopic (exact) mass is 335 g/mol. The molecular formula is C16H21N3O3S. The quantitative estimate of drug-likeness (QED) is 0.868. The molecule has 124 valence electrons. The van der Waals surface area contributed by atoms with Gasteiger partial charge in [0, 0.05) is 18.8 Å². The minimum atomic E-state index is -3.63. The molecule has 1 aromatic carbocycles. The smallest absolute Gasteiger partial charge is 0.241 e. The summed E-state index contributed by atoms with van der Waals surface area (Å²) in [6.45, 7) is 1.86. The number of rotatable bonds is 5. The third kappa shape index (κ3) is 3.46. The van der Waals surface area contributed by atoms with Crippen molar-refractivity contribution in [2.75, 3.05) is 0 Å². The van der Waals surface area contributed by atoms with Crippen molar-refractivity contribution < 1.29 is 13.5 Å². The van der Waals surface area contributed by atoms with Gasteiger partial charge in [0.15, 0.2) is 0 Å².